The first-order valence-corrected chi connectivity index (χ1v) is 5.88. The maximum Gasteiger partial charge on any atom is 0.248 e. The number of aromatic nitrogens is 1. The van der Waals surface area contributed by atoms with Crippen LogP contribution in [0.2, 0.25) is 0 Å². The molecule has 0 fully saturated rings. The Morgan fingerprint density at radius 3 is 3.00 bits per heavy atom. The molecule has 0 radical (unpaired) electrons. The van der Waals surface area contributed by atoms with Gasteiger partial charge < -0.3 is 9.88 Å². The summed E-state index contributed by atoms with van der Waals surface area (Å²) in [6, 6.07) is 1.62. The van der Waals surface area contributed by atoms with E-state index in [9.17, 15) is 4.79 Å². The van der Waals surface area contributed by atoms with Gasteiger partial charge in [-0.3, -0.25) is 4.79 Å². The Balaban J connectivity index is 2.63. The topological polar surface area (TPSA) is 36.1 Å². The van der Waals surface area contributed by atoms with Crippen LogP contribution in [0.15, 0.2) is 29.7 Å². The number of nitrogens with zero attached hydrogens (tertiary/aromatic N) is 1. The van der Waals surface area contributed by atoms with E-state index in [4.69, 9.17) is 0 Å². The SMILES string of the molecule is C=CCCN(C)Cc1c[nH]c(=O)cc1I. The molecule has 3 nitrogen and oxygen atoms in total. The van der Waals surface area contributed by atoms with Gasteiger partial charge in [0.2, 0.25) is 5.56 Å². The third-order valence-electron chi connectivity index (χ3n) is 2.11. The molecule has 1 rings (SSSR count). The van der Waals surface area contributed by atoms with Gasteiger partial charge in [-0.2, -0.15) is 0 Å². The van der Waals surface area contributed by atoms with E-state index in [2.05, 4.69) is 46.1 Å². The van der Waals surface area contributed by atoms with Gasteiger partial charge in [-0.15, -0.1) is 6.58 Å². The zero-order valence-electron chi connectivity index (χ0n) is 8.79. The Labute approximate surface area is 103 Å². The third kappa shape index (κ3) is 4.17. The van der Waals surface area contributed by atoms with Crippen LogP contribution in [0.1, 0.15) is 12.0 Å². The molecule has 0 aliphatic heterocycles. The van der Waals surface area contributed by atoms with Crippen molar-refractivity contribution in [3.05, 3.63) is 44.4 Å². The quantitative estimate of drug-likeness (QED) is 0.666. The van der Waals surface area contributed by atoms with Crippen LogP contribution < -0.4 is 5.56 Å². The van der Waals surface area contributed by atoms with Gasteiger partial charge in [0, 0.05) is 28.9 Å². The van der Waals surface area contributed by atoms with Crippen LogP contribution in [0, 0.1) is 3.57 Å². The fraction of sp³-hybridized carbons (Fsp3) is 0.364. The van der Waals surface area contributed by atoms with Crippen LogP contribution in [0.25, 0.3) is 0 Å². The standard InChI is InChI=1S/C11H15IN2O/c1-3-4-5-14(2)8-9-7-13-11(15)6-10(9)12/h3,6-7H,1,4-5,8H2,2H3,(H,13,15). The Morgan fingerprint density at radius 2 is 2.40 bits per heavy atom. The average Bonchev–Trinajstić information content (AvgIpc) is 2.19. The second-order valence-electron chi connectivity index (χ2n) is 3.49. The largest absolute Gasteiger partial charge is 0.329 e. The highest BCUT2D eigenvalue weighted by Gasteiger charge is 2.03. The molecular weight excluding hydrogens is 303 g/mol. The van der Waals surface area contributed by atoms with Crippen LogP contribution >= 0.6 is 22.6 Å². The molecule has 1 aromatic heterocycles. The molecule has 0 atom stereocenters. The molecule has 0 aliphatic carbocycles. The summed E-state index contributed by atoms with van der Waals surface area (Å²) in [4.78, 5) is 15.9. The summed E-state index contributed by atoms with van der Waals surface area (Å²) in [6.45, 7) is 5.53. The number of aromatic amines is 1. The summed E-state index contributed by atoms with van der Waals surface area (Å²) < 4.78 is 1.02. The molecule has 0 aromatic carbocycles. The van der Waals surface area contributed by atoms with Crippen molar-refractivity contribution in [1.29, 1.82) is 0 Å². The molecule has 1 N–H and O–H groups in total. The monoisotopic (exact) mass is 318 g/mol. The van der Waals surface area contributed by atoms with Crippen LogP contribution in [0.5, 0.6) is 0 Å². The Kier molecular flexibility index (Phi) is 5.04. The van der Waals surface area contributed by atoms with Crippen molar-refractivity contribution in [3.8, 4) is 0 Å². The third-order valence-corrected chi connectivity index (χ3v) is 3.11. The Morgan fingerprint density at radius 1 is 1.67 bits per heavy atom. The van der Waals surface area contributed by atoms with Crippen LogP contribution in [0.4, 0.5) is 0 Å². The minimum atomic E-state index is -0.0445. The normalized spacial score (nSPS) is 10.6. The molecule has 0 bridgehead atoms. The van der Waals surface area contributed by atoms with Crippen LogP contribution in [0.3, 0.4) is 0 Å². The van der Waals surface area contributed by atoms with E-state index >= 15 is 0 Å². The maximum atomic E-state index is 11.0. The Hall–Kier alpha value is -0.620. The minimum absolute atomic E-state index is 0.0445. The predicted octanol–water partition coefficient (Wildman–Crippen LogP) is 1.99. The summed E-state index contributed by atoms with van der Waals surface area (Å²) in [5.74, 6) is 0. The number of halogens is 1. The summed E-state index contributed by atoms with van der Waals surface area (Å²) in [7, 11) is 2.06. The molecule has 0 unspecified atom stereocenters. The number of hydrogen-bond acceptors (Lipinski definition) is 2. The van der Waals surface area contributed by atoms with Crippen molar-refractivity contribution in [2.45, 2.75) is 13.0 Å². The van der Waals surface area contributed by atoms with Crippen molar-refractivity contribution in [2.24, 2.45) is 0 Å². The number of H-pyrrole nitrogens is 1. The van der Waals surface area contributed by atoms with E-state index in [1.165, 1.54) is 0 Å². The van der Waals surface area contributed by atoms with E-state index in [0.717, 1.165) is 28.6 Å². The first kappa shape index (κ1) is 12.4. The van der Waals surface area contributed by atoms with E-state index in [-0.39, 0.29) is 5.56 Å². The first-order chi connectivity index (χ1) is 7.13. The molecule has 0 saturated carbocycles. The summed E-state index contributed by atoms with van der Waals surface area (Å²) in [5, 5.41) is 0. The van der Waals surface area contributed by atoms with Crippen molar-refractivity contribution in [1.82, 2.24) is 9.88 Å². The molecular formula is C11H15IN2O. The molecule has 0 aliphatic rings. The molecule has 82 valence electrons. The minimum Gasteiger partial charge on any atom is -0.329 e. The van der Waals surface area contributed by atoms with Crippen molar-refractivity contribution in [2.75, 3.05) is 13.6 Å². The van der Waals surface area contributed by atoms with Crippen LogP contribution in [-0.2, 0) is 6.54 Å². The highest BCUT2D eigenvalue weighted by Crippen LogP contribution is 2.10. The van der Waals surface area contributed by atoms with E-state index < -0.39 is 0 Å². The van der Waals surface area contributed by atoms with Crippen molar-refractivity contribution < 1.29 is 0 Å². The summed E-state index contributed by atoms with van der Waals surface area (Å²) >= 11 is 2.19. The molecule has 0 saturated heterocycles. The second-order valence-corrected chi connectivity index (χ2v) is 4.65. The lowest BCUT2D eigenvalue weighted by Crippen LogP contribution is -2.20. The highest BCUT2D eigenvalue weighted by atomic mass is 127. The van der Waals surface area contributed by atoms with Gasteiger partial charge in [0.15, 0.2) is 0 Å². The molecule has 0 amide bonds. The lowest BCUT2D eigenvalue weighted by atomic mass is 10.2. The predicted molar refractivity (Wildman–Crippen MR) is 70.9 cm³/mol. The number of nitrogens with one attached hydrogen (secondary N) is 1. The lowest BCUT2D eigenvalue weighted by Gasteiger charge is -2.16. The lowest BCUT2D eigenvalue weighted by molar-refractivity contribution is 0.332. The number of pyridine rings is 1. The first-order valence-electron chi connectivity index (χ1n) is 4.80. The Bertz CT molecular complexity index is 386. The second kappa shape index (κ2) is 6.07. The molecule has 1 heterocycles. The molecule has 1 aromatic rings. The van der Waals surface area contributed by atoms with Gasteiger partial charge in [-0.05, 0) is 41.6 Å². The smallest absolute Gasteiger partial charge is 0.248 e. The maximum absolute atomic E-state index is 11.0. The van der Waals surface area contributed by atoms with Crippen LogP contribution in [-0.4, -0.2) is 23.5 Å². The molecule has 4 heteroatoms. The summed E-state index contributed by atoms with van der Waals surface area (Å²) in [6.07, 6.45) is 4.68. The number of rotatable bonds is 5. The van der Waals surface area contributed by atoms with Crippen molar-refractivity contribution >= 4 is 22.6 Å². The zero-order chi connectivity index (χ0) is 11.3. The van der Waals surface area contributed by atoms with Gasteiger partial charge in [-0.1, -0.05) is 6.08 Å². The molecule has 15 heavy (non-hydrogen) atoms. The zero-order valence-corrected chi connectivity index (χ0v) is 11.0. The molecule has 0 spiro atoms. The van der Waals surface area contributed by atoms with E-state index in [1.807, 2.05) is 6.08 Å². The van der Waals surface area contributed by atoms with E-state index in [0.29, 0.717) is 0 Å². The van der Waals surface area contributed by atoms with Gasteiger partial charge in [0.05, 0.1) is 0 Å². The number of hydrogen-bond donors (Lipinski definition) is 1. The van der Waals surface area contributed by atoms with Gasteiger partial charge in [0.25, 0.3) is 0 Å². The van der Waals surface area contributed by atoms with Crippen molar-refractivity contribution in [3.63, 3.8) is 0 Å². The fourth-order valence-electron chi connectivity index (χ4n) is 1.28. The van der Waals surface area contributed by atoms with Gasteiger partial charge in [-0.25, -0.2) is 0 Å². The fourth-order valence-corrected chi connectivity index (χ4v) is 1.89. The average molecular weight is 318 g/mol. The summed E-state index contributed by atoms with van der Waals surface area (Å²) in [5.41, 5.74) is 1.11. The highest BCUT2D eigenvalue weighted by molar-refractivity contribution is 14.1. The van der Waals surface area contributed by atoms with E-state index in [1.54, 1.807) is 12.3 Å². The van der Waals surface area contributed by atoms with Gasteiger partial charge >= 0.3 is 0 Å². The van der Waals surface area contributed by atoms with Gasteiger partial charge in [0.1, 0.15) is 0 Å².